The predicted octanol–water partition coefficient (Wildman–Crippen LogP) is 0.0258. The molecule has 0 aliphatic rings. The highest BCUT2D eigenvalue weighted by Gasteiger charge is 2.26. The highest BCUT2D eigenvalue weighted by molar-refractivity contribution is 7.87. The summed E-state index contributed by atoms with van der Waals surface area (Å²) in [7, 11) is -0.689. The molecule has 0 atom stereocenters. The van der Waals surface area contributed by atoms with Gasteiger partial charge in [0.2, 0.25) is 0 Å². The fraction of sp³-hybridized carbons (Fsp3) is 0.875. The molecule has 0 fully saturated rings. The van der Waals surface area contributed by atoms with Crippen LogP contribution in [0.1, 0.15) is 26.7 Å². The topological polar surface area (TPSA) is 86.7 Å². The zero-order chi connectivity index (χ0) is 12.3. The number of hydrogen-bond donors (Lipinski definition) is 2. The maximum Gasteiger partial charge on any atom is 0.303 e. The molecule has 0 saturated carbocycles. The Morgan fingerprint density at radius 1 is 1.40 bits per heavy atom. The summed E-state index contributed by atoms with van der Waals surface area (Å²) >= 11 is 0. The lowest BCUT2D eigenvalue weighted by atomic mass is 10.0. The zero-order valence-electron chi connectivity index (χ0n) is 9.44. The lowest BCUT2D eigenvalue weighted by Crippen LogP contribution is -2.48. The molecule has 0 bridgehead atoms. The van der Waals surface area contributed by atoms with E-state index in [1.54, 1.807) is 13.8 Å². The van der Waals surface area contributed by atoms with Crippen molar-refractivity contribution in [3.05, 3.63) is 0 Å². The molecule has 0 spiro atoms. The van der Waals surface area contributed by atoms with Crippen molar-refractivity contribution >= 4 is 16.2 Å². The summed E-state index contributed by atoms with van der Waals surface area (Å²) in [5.74, 6) is -0.938. The number of aliphatic carboxylic acids is 1. The molecule has 15 heavy (non-hydrogen) atoms. The van der Waals surface area contributed by atoms with E-state index in [1.807, 2.05) is 0 Å². The van der Waals surface area contributed by atoms with Gasteiger partial charge < -0.3 is 5.11 Å². The third kappa shape index (κ3) is 5.71. The molecule has 90 valence electrons. The van der Waals surface area contributed by atoms with Crippen LogP contribution in [0.2, 0.25) is 0 Å². The first-order chi connectivity index (χ1) is 6.57. The van der Waals surface area contributed by atoms with Crippen LogP contribution in [0, 0.1) is 0 Å². The number of nitrogens with one attached hydrogen (secondary N) is 1. The maximum atomic E-state index is 11.5. The molecule has 6 nitrogen and oxygen atoms in total. The van der Waals surface area contributed by atoms with Crippen molar-refractivity contribution in [2.24, 2.45) is 0 Å². The smallest absolute Gasteiger partial charge is 0.303 e. The third-order valence-corrected chi connectivity index (χ3v) is 3.62. The van der Waals surface area contributed by atoms with Crippen LogP contribution in [0.5, 0.6) is 0 Å². The van der Waals surface area contributed by atoms with E-state index >= 15 is 0 Å². The maximum absolute atomic E-state index is 11.5. The van der Waals surface area contributed by atoms with E-state index in [0.29, 0.717) is 0 Å². The number of nitrogens with zero attached hydrogens (tertiary/aromatic N) is 1. The minimum absolute atomic E-state index is 0.0665. The lowest BCUT2D eigenvalue weighted by Gasteiger charge is -2.27. The summed E-state index contributed by atoms with van der Waals surface area (Å²) < 4.78 is 26.4. The van der Waals surface area contributed by atoms with Crippen molar-refractivity contribution in [2.45, 2.75) is 32.2 Å². The van der Waals surface area contributed by atoms with Gasteiger partial charge in [-0.05, 0) is 20.3 Å². The molecule has 0 rings (SSSR count). The molecule has 0 saturated heterocycles. The Morgan fingerprint density at radius 3 is 2.20 bits per heavy atom. The fourth-order valence-electron chi connectivity index (χ4n) is 0.911. The van der Waals surface area contributed by atoms with Crippen LogP contribution >= 0.6 is 0 Å². The summed E-state index contributed by atoms with van der Waals surface area (Å²) in [4.78, 5) is 10.4. The summed E-state index contributed by atoms with van der Waals surface area (Å²) in [6, 6.07) is 0. The summed E-state index contributed by atoms with van der Waals surface area (Å²) in [5.41, 5.74) is -0.762. The predicted molar refractivity (Wildman–Crippen MR) is 56.7 cm³/mol. The molecule has 0 aromatic carbocycles. The second-order valence-electron chi connectivity index (χ2n) is 4.17. The third-order valence-electron chi connectivity index (χ3n) is 1.85. The SMILES string of the molecule is CN(C)S(=O)(=O)NC(C)(C)CCC(=O)O. The Balaban J connectivity index is 4.44. The summed E-state index contributed by atoms with van der Waals surface area (Å²) in [6.07, 6.45) is 0.179. The lowest BCUT2D eigenvalue weighted by molar-refractivity contribution is -0.137. The van der Waals surface area contributed by atoms with Crippen LogP contribution in [-0.2, 0) is 15.0 Å². The summed E-state index contributed by atoms with van der Waals surface area (Å²) in [6.45, 7) is 3.30. The molecule has 7 heteroatoms. The monoisotopic (exact) mass is 238 g/mol. The highest BCUT2D eigenvalue weighted by atomic mass is 32.2. The number of carbonyl (C=O) groups is 1. The molecule has 0 heterocycles. The second kappa shape index (κ2) is 4.91. The van der Waals surface area contributed by atoms with Crippen LogP contribution in [0.4, 0.5) is 0 Å². The van der Waals surface area contributed by atoms with Crippen molar-refractivity contribution in [2.75, 3.05) is 14.1 Å². The van der Waals surface area contributed by atoms with Crippen molar-refractivity contribution in [3.63, 3.8) is 0 Å². The van der Waals surface area contributed by atoms with Crippen LogP contribution in [0.3, 0.4) is 0 Å². The average Bonchev–Trinajstić information content (AvgIpc) is 1.99. The molecule has 0 aromatic rings. The Bertz CT molecular complexity index is 322. The van der Waals surface area contributed by atoms with Gasteiger partial charge in [0.05, 0.1) is 0 Å². The molecule has 0 unspecified atom stereocenters. The molecule has 0 radical (unpaired) electrons. The van der Waals surface area contributed by atoms with Crippen LogP contribution < -0.4 is 4.72 Å². The normalized spacial score (nSPS) is 13.1. The molecule has 0 aliphatic heterocycles. The van der Waals surface area contributed by atoms with Gasteiger partial charge >= 0.3 is 5.97 Å². The fourth-order valence-corrected chi connectivity index (χ4v) is 1.89. The Labute approximate surface area is 90.5 Å². The van der Waals surface area contributed by atoms with Gasteiger partial charge in [0.25, 0.3) is 10.2 Å². The van der Waals surface area contributed by atoms with E-state index in [2.05, 4.69) is 4.72 Å². The van der Waals surface area contributed by atoms with E-state index in [-0.39, 0.29) is 12.8 Å². The largest absolute Gasteiger partial charge is 0.481 e. The minimum Gasteiger partial charge on any atom is -0.481 e. The van der Waals surface area contributed by atoms with E-state index in [1.165, 1.54) is 14.1 Å². The van der Waals surface area contributed by atoms with Gasteiger partial charge in [0.1, 0.15) is 0 Å². The minimum atomic E-state index is -3.51. The number of carboxylic acids is 1. The second-order valence-corrected chi connectivity index (χ2v) is 6.05. The van der Waals surface area contributed by atoms with Gasteiger partial charge in [-0.15, -0.1) is 0 Å². The molecular formula is C8H18N2O4S. The molecule has 0 aromatic heterocycles. The molecule has 2 N–H and O–H groups in total. The van der Waals surface area contributed by atoms with Crippen LogP contribution in [0.25, 0.3) is 0 Å². The van der Waals surface area contributed by atoms with Crippen LogP contribution in [-0.4, -0.2) is 43.4 Å². The van der Waals surface area contributed by atoms with E-state index in [9.17, 15) is 13.2 Å². The summed E-state index contributed by atoms with van der Waals surface area (Å²) in [5, 5.41) is 8.50. The quantitative estimate of drug-likeness (QED) is 0.683. The van der Waals surface area contributed by atoms with Gasteiger partial charge in [-0.1, -0.05) is 0 Å². The van der Waals surface area contributed by atoms with Gasteiger partial charge in [-0.3, -0.25) is 4.79 Å². The zero-order valence-corrected chi connectivity index (χ0v) is 10.3. The molecule has 0 aliphatic carbocycles. The Hall–Kier alpha value is -0.660. The van der Waals surface area contributed by atoms with E-state index in [0.717, 1.165) is 4.31 Å². The number of rotatable bonds is 6. The van der Waals surface area contributed by atoms with Gasteiger partial charge in [-0.25, -0.2) is 0 Å². The molecular weight excluding hydrogens is 220 g/mol. The highest BCUT2D eigenvalue weighted by Crippen LogP contribution is 2.13. The Kier molecular flexibility index (Phi) is 4.69. The van der Waals surface area contributed by atoms with Crippen LogP contribution in [0.15, 0.2) is 0 Å². The van der Waals surface area contributed by atoms with Crippen molar-refractivity contribution in [3.8, 4) is 0 Å². The first-order valence-corrected chi connectivity index (χ1v) is 5.94. The number of carboxylic acid groups (broad SMARTS) is 1. The molecule has 0 amide bonds. The van der Waals surface area contributed by atoms with Gasteiger partial charge in [-0.2, -0.15) is 17.4 Å². The first-order valence-electron chi connectivity index (χ1n) is 4.50. The first kappa shape index (κ1) is 14.3. The Morgan fingerprint density at radius 2 is 1.87 bits per heavy atom. The van der Waals surface area contributed by atoms with Crippen molar-refractivity contribution in [1.29, 1.82) is 0 Å². The van der Waals surface area contributed by atoms with E-state index < -0.39 is 21.7 Å². The van der Waals surface area contributed by atoms with Gasteiger partial charge in [0.15, 0.2) is 0 Å². The van der Waals surface area contributed by atoms with Crippen molar-refractivity contribution in [1.82, 2.24) is 9.03 Å². The van der Waals surface area contributed by atoms with Crippen molar-refractivity contribution < 1.29 is 18.3 Å². The standard InChI is InChI=1S/C8H18N2O4S/c1-8(2,6-5-7(11)12)9-15(13,14)10(3)4/h9H,5-6H2,1-4H3,(H,11,12). The van der Waals surface area contributed by atoms with E-state index in [4.69, 9.17) is 5.11 Å². The average molecular weight is 238 g/mol. The van der Waals surface area contributed by atoms with Gasteiger partial charge in [0, 0.05) is 26.1 Å². The number of hydrogen-bond acceptors (Lipinski definition) is 3.